The van der Waals surface area contributed by atoms with Crippen molar-refractivity contribution in [3.05, 3.63) is 65.8 Å². The summed E-state index contributed by atoms with van der Waals surface area (Å²) in [4.78, 5) is 4.23. The van der Waals surface area contributed by atoms with Crippen molar-refractivity contribution in [1.82, 2.24) is 10.1 Å². The highest BCUT2D eigenvalue weighted by molar-refractivity contribution is 5.54. The second kappa shape index (κ2) is 5.75. The van der Waals surface area contributed by atoms with Gasteiger partial charge >= 0.3 is 0 Å². The molecule has 3 rings (SSSR count). The van der Waals surface area contributed by atoms with Crippen LogP contribution >= 0.6 is 0 Å². The van der Waals surface area contributed by atoms with Crippen LogP contribution in [0.5, 0.6) is 0 Å². The molecule has 0 atom stereocenters. The Balaban J connectivity index is 1.72. The molecular formula is C16H14FN3O. The van der Waals surface area contributed by atoms with Crippen LogP contribution in [0.4, 0.5) is 10.1 Å². The van der Waals surface area contributed by atoms with Crippen LogP contribution in [0.25, 0.3) is 11.4 Å². The molecule has 0 saturated carbocycles. The van der Waals surface area contributed by atoms with Crippen molar-refractivity contribution < 1.29 is 8.91 Å². The highest BCUT2D eigenvalue weighted by Crippen LogP contribution is 2.19. The second-order valence-electron chi connectivity index (χ2n) is 4.74. The molecule has 0 radical (unpaired) electrons. The Hall–Kier alpha value is -2.69. The zero-order valence-corrected chi connectivity index (χ0v) is 11.3. The largest absolute Gasteiger partial charge is 0.399 e. The maximum Gasteiger partial charge on any atom is 0.227 e. The zero-order valence-electron chi connectivity index (χ0n) is 11.3. The standard InChI is InChI=1S/C16H14FN3O/c17-14-7-2-1-6-13(14)16-19-15(21-20-16)9-8-11-4-3-5-12(18)10-11/h1-7,10H,8-9,18H2. The van der Waals surface area contributed by atoms with Gasteiger partial charge in [-0.1, -0.05) is 29.4 Å². The molecule has 106 valence electrons. The predicted molar refractivity (Wildman–Crippen MR) is 78.0 cm³/mol. The van der Waals surface area contributed by atoms with Crippen LogP contribution in [0.15, 0.2) is 53.1 Å². The molecule has 0 fully saturated rings. The molecule has 5 heteroatoms. The van der Waals surface area contributed by atoms with Gasteiger partial charge in [0.05, 0.1) is 5.56 Å². The van der Waals surface area contributed by atoms with Crippen LogP contribution in [0.2, 0.25) is 0 Å². The van der Waals surface area contributed by atoms with Crippen molar-refractivity contribution in [2.45, 2.75) is 12.8 Å². The van der Waals surface area contributed by atoms with Crippen molar-refractivity contribution in [2.24, 2.45) is 0 Å². The van der Waals surface area contributed by atoms with Gasteiger partial charge in [-0.15, -0.1) is 0 Å². The summed E-state index contributed by atoms with van der Waals surface area (Å²) in [6.45, 7) is 0. The van der Waals surface area contributed by atoms with E-state index in [1.54, 1.807) is 18.2 Å². The van der Waals surface area contributed by atoms with Gasteiger partial charge in [0.15, 0.2) is 0 Å². The second-order valence-corrected chi connectivity index (χ2v) is 4.74. The number of aryl methyl sites for hydroxylation is 2. The third kappa shape index (κ3) is 3.08. The van der Waals surface area contributed by atoms with Gasteiger partial charge in [0.25, 0.3) is 0 Å². The molecule has 0 saturated heterocycles. The monoisotopic (exact) mass is 283 g/mol. The first-order valence-corrected chi connectivity index (χ1v) is 6.64. The fraction of sp³-hybridized carbons (Fsp3) is 0.125. The number of nitrogens with zero attached hydrogens (tertiary/aromatic N) is 2. The zero-order chi connectivity index (χ0) is 14.7. The van der Waals surface area contributed by atoms with Crippen molar-refractivity contribution in [2.75, 3.05) is 5.73 Å². The van der Waals surface area contributed by atoms with Gasteiger partial charge in [0.2, 0.25) is 11.7 Å². The summed E-state index contributed by atoms with van der Waals surface area (Å²) >= 11 is 0. The summed E-state index contributed by atoms with van der Waals surface area (Å²) in [7, 11) is 0. The van der Waals surface area contributed by atoms with Crippen molar-refractivity contribution in [1.29, 1.82) is 0 Å². The van der Waals surface area contributed by atoms with E-state index in [0.29, 0.717) is 17.9 Å². The molecule has 21 heavy (non-hydrogen) atoms. The van der Waals surface area contributed by atoms with Gasteiger partial charge < -0.3 is 10.3 Å². The molecule has 1 aromatic heterocycles. The summed E-state index contributed by atoms with van der Waals surface area (Å²) in [5, 5.41) is 3.83. The number of halogens is 1. The molecule has 0 bridgehead atoms. The first-order chi connectivity index (χ1) is 10.2. The van der Waals surface area contributed by atoms with Crippen LogP contribution in [0.3, 0.4) is 0 Å². The highest BCUT2D eigenvalue weighted by atomic mass is 19.1. The van der Waals surface area contributed by atoms with Gasteiger partial charge in [-0.05, 0) is 36.2 Å². The number of aromatic nitrogens is 2. The Bertz CT molecular complexity index is 755. The lowest BCUT2D eigenvalue weighted by molar-refractivity contribution is 0.378. The lowest BCUT2D eigenvalue weighted by Gasteiger charge is -1.99. The molecule has 0 aliphatic rings. The first-order valence-electron chi connectivity index (χ1n) is 6.64. The van der Waals surface area contributed by atoms with Crippen LogP contribution in [0, 0.1) is 5.82 Å². The molecular weight excluding hydrogens is 269 g/mol. The highest BCUT2D eigenvalue weighted by Gasteiger charge is 2.12. The number of hydrogen-bond acceptors (Lipinski definition) is 4. The minimum absolute atomic E-state index is 0.274. The molecule has 4 nitrogen and oxygen atoms in total. The summed E-state index contributed by atoms with van der Waals surface area (Å²) in [5.41, 5.74) is 7.90. The predicted octanol–water partition coefficient (Wildman–Crippen LogP) is 3.24. The Morgan fingerprint density at radius 1 is 1.05 bits per heavy atom. The lowest BCUT2D eigenvalue weighted by atomic mass is 10.1. The molecule has 2 aromatic carbocycles. The Kier molecular flexibility index (Phi) is 3.64. The third-order valence-corrected chi connectivity index (χ3v) is 3.16. The van der Waals surface area contributed by atoms with Gasteiger partial charge in [-0.2, -0.15) is 4.98 Å². The minimum atomic E-state index is -0.360. The number of nitrogen functional groups attached to an aromatic ring is 1. The fourth-order valence-corrected chi connectivity index (χ4v) is 2.11. The van der Waals surface area contributed by atoms with E-state index in [9.17, 15) is 4.39 Å². The van der Waals surface area contributed by atoms with Crippen molar-refractivity contribution in [3.8, 4) is 11.4 Å². The Labute approximate surface area is 121 Å². The number of nitrogens with two attached hydrogens (primary N) is 1. The van der Waals surface area contributed by atoms with E-state index in [2.05, 4.69) is 10.1 Å². The van der Waals surface area contributed by atoms with Crippen LogP contribution in [-0.4, -0.2) is 10.1 Å². The molecule has 0 aliphatic heterocycles. The van der Waals surface area contributed by atoms with E-state index < -0.39 is 0 Å². The minimum Gasteiger partial charge on any atom is -0.399 e. The van der Waals surface area contributed by atoms with Crippen LogP contribution in [-0.2, 0) is 12.8 Å². The van der Waals surface area contributed by atoms with Gasteiger partial charge in [-0.25, -0.2) is 4.39 Å². The van der Waals surface area contributed by atoms with E-state index in [-0.39, 0.29) is 11.6 Å². The average Bonchev–Trinajstić information content (AvgIpc) is 2.94. The number of anilines is 1. The van der Waals surface area contributed by atoms with Gasteiger partial charge in [0.1, 0.15) is 5.82 Å². The normalized spacial score (nSPS) is 10.7. The van der Waals surface area contributed by atoms with E-state index in [1.807, 2.05) is 24.3 Å². The molecule has 0 amide bonds. The fourth-order valence-electron chi connectivity index (χ4n) is 2.11. The smallest absolute Gasteiger partial charge is 0.227 e. The summed E-state index contributed by atoms with van der Waals surface area (Å²) in [6, 6.07) is 14.0. The molecule has 0 unspecified atom stereocenters. The lowest BCUT2D eigenvalue weighted by Crippen LogP contribution is -1.93. The topological polar surface area (TPSA) is 64.9 Å². The Morgan fingerprint density at radius 3 is 2.71 bits per heavy atom. The maximum atomic E-state index is 13.6. The first kappa shape index (κ1) is 13.3. The van der Waals surface area contributed by atoms with Gasteiger partial charge in [-0.3, -0.25) is 0 Å². The molecule has 0 spiro atoms. The van der Waals surface area contributed by atoms with Crippen LogP contribution in [0.1, 0.15) is 11.5 Å². The molecule has 1 heterocycles. The van der Waals surface area contributed by atoms with E-state index in [4.69, 9.17) is 10.3 Å². The quantitative estimate of drug-likeness (QED) is 0.746. The molecule has 3 aromatic rings. The molecule has 0 aliphatic carbocycles. The van der Waals surface area contributed by atoms with E-state index in [1.165, 1.54) is 6.07 Å². The van der Waals surface area contributed by atoms with Gasteiger partial charge in [0, 0.05) is 12.1 Å². The molecule has 2 N–H and O–H groups in total. The van der Waals surface area contributed by atoms with Crippen molar-refractivity contribution in [3.63, 3.8) is 0 Å². The SMILES string of the molecule is Nc1cccc(CCc2nc(-c3ccccc3F)no2)c1. The summed E-state index contributed by atoms with van der Waals surface area (Å²) < 4.78 is 18.8. The maximum absolute atomic E-state index is 13.6. The van der Waals surface area contributed by atoms with Crippen LogP contribution < -0.4 is 5.73 Å². The summed E-state index contributed by atoms with van der Waals surface area (Å²) in [5.74, 6) is 0.395. The van der Waals surface area contributed by atoms with Crippen molar-refractivity contribution >= 4 is 5.69 Å². The third-order valence-electron chi connectivity index (χ3n) is 3.16. The summed E-state index contributed by atoms with van der Waals surface area (Å²) in [6.07, 6.45) is 1.33. The average molecular weight is 283 g/mol. The van der Waals surface area contributed by atoms with E-state index in [0.717, 1.165) is 17.7 Å². The number of hydrogen-bond donors (Lipinski definition) is 1. The number of benzene rings is 2. The number of rotatable bonds is 4. The van der Waals surface area contributed by atoms with E-state index >= 15 is 0 Å². The Morgan fingerprint density at radius 2 is 1.90 bits per heavy atom.